The maximum atomic E-state index is 13.4. The van der Waals surface area contributed by atoms with Crippen molar-refractivity contribution in [1.29, 1.82) is 0 Å². The Balaban J connectivity index is 1.71. The average Bonchev–Trinajstić information content (AvgIpc) is 2.58. The summed E-state index contributed by atoms with van der Waals surface area (Å²) in [6, 6.07) is 9.92. The lowest BCUT2D eigenvalue weighted by molar-refractivity contribution is -0.144. The number of amides is 1. The van der Waals surface area contributed by atoms with Crippen LogP contribution in [0.5, 0.6) is 0 Å². The molecule has 2 rings (SSSR count). The summed E-state index contributed by atoms with van der Waals surface area (Å²) in [5.41, 5.74) is 0.579. The number of carbonyl (C=O) groups excluding carboxylic acids is 2. The van der Waals surface area contributed by atoms with E-state index in [1.807, 2.05) is 18.2 Å². The fourth-order valence-corrected chi connectivity index (χ4v) is 2.93. The van der Waals surface area contributed by atoms with E-state index in [1.165, 1.54) is 11.8 Å². The van der Waals surface area contributed by atoms with E-state index < -0.39 is 30.1 Å². The van der Waals surface area contributed by atoms with Gasteiger partial charge in [-0.3, -0.25) is 9.59 Å². The summed E-state index contributed by atoms with van der Waals surface area (Å²) >= 11 is 7.29. The van der Waals surface area contributed by atoms with Gasteiger partial charge in [-0.15, -0.1) is 11.8 Å². The van der Waals surface area contributed by atoms with E-state index in [0.29, 0.717) is 10.8 Å². The molecule has 0 aliphatic rings. The van der Waals surface area contributed by atoms with E-state index in [2.05, 4.69) is 5.32 Å². The lowest BCUT2D eigenvalue weighted by Gasteiger charge is -2.08. The molecule has 0 saturated carbocycles. The number of esters is 1. The third-order valence-electron chi connectivity index (χ3n) is 3.00. The van der Waals surface area contributed by atoms with Crippen molar-refractivity contribution in [2.24, 2.45) is 0 Å². The minimum absolute atomic E-state index is 0.0346. The molecule has 0 aromatic heterocycles. The summed E-state index contributed by atoms with van der Waals surface area (Å²) in [5, 5.41) is 2.75. The zero-order valence-electron chi connectivity index (χ0n) is 12.9. The van der Waals surface area contributed by atoms with Gasteiger partial charge < -0.3 is 10.1 Å². The maximum Gasteiger partial charge on any atom is 0.316 e. The zero-order chi connectivity index (χ0) is 18.2. The Morgan fingerprint density at radius 2 is 1.92 bits per heavy atom. The highest BCUT2D eigenvalue weighted by atomic mass is 35.5. The Morgan fingerprint density at radius 3 is 2.68 bits per heavy atom. The quantitative estimate of drug-likeness (QED) is 0.731. The normalized spacial score (nSPS) is 10.4. The highest BCUT2D eigenvalue weighted by molar-refractivity contribution is 7.99. The second-order valence-electron chi connectivity index (χ2n) is 4.92. The van der Waals surface area contributed by atoms with Gasteiger partial charge in [-0.2, -0.15) is 0 Å². The Labute approximate surface area is 152 Å². The van der Waals surface area contributed by atoms with Gasteiger partial charge in [-0.05, 0) is 23.8 Å². The van der Waals surface area contributed by atoms with Gasteiger partial charge in [0.25, 0.3) is 5.91 Å². The Hall–Kier alpha value is -2.12. The molecule has 2 aromatic carbocycles. The van der Waals surface area contributed by atoms with Crippen molar-refractivity contribution in [1.82, 2.24) is 0 Å². The van der Waals surface area contributed by atoms with Crippen molar-refractivity contribution in [2.45, 2.75) is 5.75 Å². The molecule has 1 amide bonds. The second-order valence-corrected chi connectivity index (χ2v) is 6.31. The molecule has 0 aliphatic carbocycles. The Kier molecular flexibility index (Phi) is 7.21. The first-order valence-corrected chi connectivity index (χ1v) is 8.70. The van der Waals surface area contributed by atoms with Crippen molar-refractivity contribution in [3.8, 4) is 0 Å². The Morgan fingerprint density at radius 1 is 1.16 bits per heavy atom. The molecular formula is C17H14ClF2NO3S. The predicted octanol–water partition coefficient (Wildman–Crippen LogP) is 4.03. The molecular weight excluding hydrogens is 372 g/mol. The number of rotatable bonds is 7. The van der Waals surface area contributed by atoms with Gasteiger partial charge >= 0.3 is 5.97 Å². The molecule has 0 fully saturated rings. The molecule has 2 aromatic rings. The van der Waals surface area contributed by atoms with Crippen molar-refractivity contribution in [3.63, 3.8) is 0 Å². The SMILES string of the molecule is O=C(COC(=O)CSCc1ccccc1Cl)Nc1cc(F)ccc1F. The van der Waals surface area contributed by atoms with Crippen LogP contribution in [-0.4, -0.2) is 24.2 Å². The van der Waals surface area contributed by atoms with Crippen molar-refractivity contribution in [2.75, 3.05) is 17.7 Å². The summed E-state index contributed by atoms with van der Waals surface area (Å²) < 4.78 is 31.2. The average molecular weight is 386 g/mol. The molecule has 0 unspecified atom stereocenters. The topological polar surface area (TPSA) is 55.4 Å². The molecule has 0 aliphatic heterocycles. The minimum Gasteiger partial charge on any atom is -0.455 e. The van der Waals surface area contributed by atoms with Gasteiger partial charge in [-0.1, -0.05) is 29.8 Å². The van der Waals surface area contributed by atoms with E-state index in [0.717, 1.165) is 23.8 Å². The van der Waals surface area contributed by atoms with Crippen LogP contribution in [0, 0.1) is 11.6 Å². The van der Waals surface area contributed by atoms with Crippen molar-refractivity contribution >= 4 is 40.9 Å². The smallest absolute Gasteiger partial charge is 0.316 e. The van der Waals surface area contributed by atoms with Crippen LogP contribution >= 0.6 is 23.4 Å². The summed E-state index contributed by atoms with van der Waals surface area (Å²) in [5.74, 6) is -2.26. The molecule has 0 spiro atoms. The van der Waals surface area contributed by atoms with E-state index in [1.54, 1.807) is 6.07 Å². The zero-order valence-corrected chi connectivity index (χ0v) is 14.5. The van der Waals surface area contributed by atoms with Gasteiger partial charge in [0.2, 0.25) is 0 Å². The third kappa shape index (κ3) is 6.36. The first-order valence-electron chi connectivity index (χ1n) is 7.17. The van der Waals surface area contributed by atoms with Crippen LogP contribution in [-0.2, 0) is 20.1 Å². The molecule has 132 valence electrons. The van der Waals surface area contributed by atoms with Crippen LogP contribution in [0.2, 0.25) is 5.02 Å². The van der Waals surface area contributed by atoms with Crippen LogP contribution in [0.15, 0.2) is 42.5 Å². The first-order chi connectivity index (χ1) is 12.0. The van der Waals surface area contributed by atoms with Crippen LogP contribution < -0.4 is 5.32 Å². The molecule has 1 N–H and O–H groups in total. The molecule has 0 atom stereocenters. The second kappa shape index (κ2) is 9.39. The number of hydrogen-bond acceptors (Lipinski definition) is 4. The predicted molar refractivity (Wildman–Crippen MR) is 93.6 cm³/mol. The number of ether oxygens (including phenoxy) is 1. The number of hydrogen-bond donors (Lipinski definition) is 1. The van der Waals surface area contributed by atoms with Crippen LogP contribution in [0.25, 0.3) is 0 Å². The largest absolute Gasteiger partial charge is 0.455 e. The maximum absolute atomic E-state index is 13.4. The third-order valence-corrected chi connectivity index (χ3v) is 4.33. The van der Waals surface area contributed by atoms with Crippen molar-refractivity contribution < 1.29 is 23.1 Å². The van der Waals surface area contributed by atoms with Gasteiger partial charge in [0.05, 0.1) is 11.4 Å². The number of anilines is 1. The van der Waals surface area contributed by atoms with Crippen LogP contribution in [0.1, 0.15) is 5.56 Å². The summed E-state index contributed by atoms with van der Waals surface area (Å²) in [4.78, 5) is 23.2. The van der Waals surface area contributed by atoms with Gasteiger partial charge in [0.1, 0.15) is 11.6 Å². The van der Waals surface area contributed by atoms with Crippen molar-refractivity contribution in [3.05, 3.63) is 64.7 Å². The fraction of sp³-hybridized carbons (Fsp3) is 0.176. The summed E-state index contributed by atoms with van der Waals surface area (Å²) in [6.07, 6.45) is 0. The number of halogens is 3. The molecule has 0 radical (unpaired) electrons. The molecule has 0 saturated heterocycles. The lowest BCUT2D eigenvalue weighted by Crippen LogP contribution is -2.22. The van der Waals surface area contributed by atoms with Gasteiger partial charge in [0, 0.05) is 16.8 Å². The number of nitrogens with one attached hydrogen (secondary N) is 1. The molecule has 25 heavy (non-hydrogen) atoms. The van der Waals surface area contributed by atoms with Gasteiger partial charge in [-0.25, -0.2) is 8.78 Å². The molecule has 4 nitrogen and oxygen atoms in total. The van der Waals surface area contributed by atoms with E-state index in [4.69, 9.17) is 16.3 Å². The van der Waals surface area contributed by atoms with Crippen LogP contribution in [0.3, 0.4) is 0 Å². The highest BCUT2D eigenvalue weighted by Crippen LogP contribution is 2.20. The Bertz CT molecular complexity index is 773. The van der Waals surface area contributed by atoms with Gasteiger partial charge in [0.15, 0.2) is 6.61 Å². The molecule has 0 heterocycles. The number of carbonyl (C=O) groups is 2. The number of benzene rings is 2. The molecule has 0 bridgehead atoms. The fourth-order valence-electron chi connectivity index (χ4n) is 1.83. The number of thioether (sulfide) groups is 1. The monoisotopic (exact) mass is 385 g/mol. The first kappa shape index (κ1) is 19.2. The summed E-state index contributed by atoms with van der Waals surface area (Å²) in [7, 11) is 0. The molecule has 8 heteroatoms. The van der Waals surface area contributed by atoms with E-state index in [9.17, 15) is 18.4 Å². The summed E-state index contributed by atoms with van der Waals surface area (Å²) in [6.45, 7) is -0.582. The lowest BCUT2D eigenvalue weighted by atomic mass is 10.2. The standard InChI is InChI=1S/C17H14ClF2NO3S/c18-13-4-2-1-3-11(13)9-25-10-17(23)24-8-16(22)21-15-7-12(19)5-6-14(15)20/h1-7H,8-10H2,(H,21,22). The minimum atomic E-state index is -0.781. The highest BCUT2D eigenvalue weighted by Gasteiger charge is 2.11. The van der Waals surface area contributed by atoms with E-state index in [-0.39, 0.29) is 11.4 Å². The van der Waals surface area contributed by atoms with Crippen LogP contribution in [0.4, 0.5) is 14.5 Å². The van der Waals surface area contributed by atoms with E-state index >= 15 is 0 Å².